The third-order valence-electron chi connectivity index (χ3n) is 3.62. The van der Waals surface area contributed by atoms with Crippen LogP contribution in [0.2, 0.25) is 0 Å². The number of hydrogen-bond acceptors (Lipinski definition) is 5. The Balaban J connectivity index is 2.14. The Bertz CT molecular complexity index is 470. The summed E-state index contributed by atoms with van der Waals surface area (Å²) in [5, 5.41) is 0. The number of hydrogen-bond donors (Lipinski definition) is 1. The molecule has 0 bridgehead atoms. The summed E-state index contributed by atoms with van der Waals surface area (Å²) in [5.74, 6) is -0.370. The summed E-state index contributed by atoms with van der Waals surface area (Å²) >= 11 is 0. The molecule has 0 aliphatic carbocycles. The fraction of sp³-hybridized carbons (Fsp3) is 0.533. The number of rotatable bonds is 5. The van der Waals surface area contributed by atoms with Crippen LogP contribution in [0.1, 0.15) is 30.1 Å². The van der Waals surface area contributed by atoms with Crippen LogP contribution in [0.5, 0.6) is 0 Å². The molecular formula is C15H22N2O3. The lowest BCUT2D eigenvalue weighted by Gasteiger charge is -2.27. The minimum atomic E-state index is -0.370. The van der Waals surface area contributed by atoms with E-state index in [2.05, 4.69) is 11.8 Å². The average molecular weight is 278 g/mol. The van der Waals surface area contributed by atoms with Crippen molar-refractivity contribution >= 4 is 17.3 Å². The Hall–Kier alpha value is -1.75. The van der Waals surface area contributed by atoms with Gasteiger partial charge in [-0.1, -0.05) is 0 Å². The van der Waals surface area contributed by atoms with Gasteiger partial charge in [0.2, 0.25) is 0 Å². The molecule has 1 aromatic rings. The van der Waals surface area contributed by atoms with E-state index < -0.39 is 0 Å². The van der Waals surface area contributed by atoms with Crippen molar-refractivity contribution in [3.63, 3.8) is 0 Å². The maximum Gasteiger partial charge on any atom is 0.337 e. The molecule has 1 aliphatic heterocycles. The van der Waals surface area contributed by atoms with Crippen LogP contribution in [-0.4, -0.2) is 38.9 Å². The smallest absolute Gasteiger partial charge is 0.337 e. The van der Waals surface area contributed by atoms with Gasteiger partial charge in [-0.3, -0.25) is 0 Å². The maximum atomic E-state index is 11.5. The van der Waals surface area contributed by atoms with Crippen LogP contribution in [0.4, 0.5) is 11.4 Å². The number of carbonyl (C=O) groups excluding carboxylic acids is 1. The average Bonchev–Trinajstić information content (AvgIpc) is 2.97. The summed E-state index contributed by atoms with van der Waals surface area (Å²) in [6.45, 7) is 4.61. The van der Waals surface area contributed by atoms with Crippen LogP contribution in [-0.2, 0) is 9.47 Å². The summed E-state index contributed by atoms with van der Waals surface area (Å²) in [6, 6.07) is 5.29. The number of anilines is 2. The first kappa shape index (κ1) is 14.7. The van der Waals surface area contributed by atoms with Crippen LogP contribution in [0.15, 0.2) is 18.2 Å². The Morgan fingerprint density at radius 1 is 1.55 bits per heavy atom. The molecule has 1 saturated heterocycles. The molecule has 1 aromatic carbocycles. The van der Waals surface area contributed by atoms with Crippen LogP contribution in [0.25, 0.3) is 0 Å². The van der Waals surface area contributed by atoms with Gasteiger partial charge in [0.05, 0.1) is 30.2 Å². The highest BCUT2D eigenvalue weighted by Crippen LogP contribution is 2.26. The van der Waals surface area contributed by atoms with E-state index in [0.29, 0.717) is 11.3 Å². The first-order chi connectivity index (χ1) is 9.65. The molecule has 1 heterocycles. The first-order valence-corrected chi connectivity index (χ1v) is 7.00. The highest BCUT2D eigenvalue weighted by atomic mass is 16.5. The number of nitrogens with two attached hydrogens (primary N) is 1. The standard InChI is InChI=1S/C15H22N2O3/c1-3-17(10-12-5-4-8-20-12)14-7-6-11(9-13(14)16)15(18)19-2/h6-7,9,12H,3-5,8,10,16H2,1-2H3. The molecule has 20 heavy (non-hydrogen) atoms. The third kappa shape index (κ3) is 3.22. The lowest BCUT2D eigenvalue weighted by molar-refractivity contribution is 0.0601. The van der Waals surface area contributed by atoms with E-state index in [1.807, 2.05) is 6.07 Å². The highest BCUT2D eigenvalue weighted by molar-refractivity contribution is 5.91. The summed E-state index contributed by atoms with van der Waals surface area (Å²) < 4.78 is 10.4. The van der Waals surface area contributed by atoms with Crippen molar-refractivity contribution in [2.24, 2.45) is 0 Å². The quantitative estimate of drug-likeness (QED) is 0.659. The number of likely N-dealkylation sites (N-methyl/N-ethyl adjacent to an activating group) is 1. The van der Waals surface area contributed by atoms with E-state index in [0.717, 1.165) is 38.2 Å². The zero-order valence-corrected chi connectivity index (χ0v) is 12.1. The van der Waals surface area contributed by atoms with E-state index in [-0.39, 0.29) is 12.1 Å². The topological polar surface area (TPSA) is 64.8 Å². The van der Waals surface area contributed by atoms with Crippen molar-refractivity contribution in [1.82, 2.24) is 0 Å². The van der Waals surface area contributed by atoms with E-state index in [9.17, 15) is 4.79 Å². The number of methoxy groups -OCH3 is 1. The number of nitrogens with zero attached hydrogens (tertiary/aromatic N) is 1. The fourth-order valence-electron chi connectivity index (χ4n) is 2.52. The zero-order chi connectivity index (χ0) is 14.5. The molecule has 1 fully saturated rings. The fourth-order valence-corrected chi connectivity index (χ4v) is 2.52. The lowest BCUT2D eigenvalue weighted by Crippen LogP contribution is -2.32. The molecule has 2 rings (SSSR count). The molecular weight excluding hydrogens is 256 g/mol. The molecule has 1 unspecified atom stereocenters. The van der Waals surface area contributed by atoms with Gasteiger partial charge in [0.15, 0.2) is 0 Å². The van der Waals surface area contributed by atoms with E-state index in [1.54, 1.807) is 12.1 Å². The van der Waals surface area contributed by atoms with Gasteiger partial charge in [0.1, 0.15) is 0 Å². The monoisotopic (exact) mass is 278 g/mol. The second kappa shape index (κ2) is 6.61. The van der Waals surface area contributed by atoms with Gasteiger partial charge in [-0.05, 0) is 38.0 Å². The Kier molecular flexibility index (Phi) is 4.84. The van der Waals surface area contributed by atoms with Gasteiger partial charge in [-0.2, -0.15) is 0 Å². The number of benzene rings is 1. The van der Waals surface area contributed by atoms with Crippen LogP contribution in [0.3, 0.4) is 0 Å². The molecule has 110 valence electrons. The molecule has 1 aliphatic rings. The molecule has 0 saturated carbocycles. The molecule has 0 spiro atoms. The van der Waals surface area contributed by atoms with Gasteiger partial charge in [-0.15, -0.1) is 0 Å². The normalized spacial score (nSPS) is 18.0. The predicted octanol–water partition coefficient (Wildman–Crippen LogP) is 2.06. The molecule has 0 amide bonds. The molecule has 5 heteroatoms. The predicted molar refractivity (Wildman–Crippen MR) is 79.1 cm³/mol. The summed E-state index contributed by atoms with van der Waals surface area (Å²) in [7, 11) is 1.36. The number of nitrogen functional groups attached to an aromatic ring is 1. The van der Waals surface area contributed by atoms with E-state index in [4.69, 9.17) is 15.2 Å². The second-order valence-electron chi connectivity index (χ2n) is 4.94. The largest absolute Gasteiger partial charge is 0.465 e. The van der Waals surface area contributed by atoms with Crippen molar-refractivity contribution in [3.05, 3.63) is 23.8 Å². The number of esters is 1. The Labute approximate surface area is 119 Å². The molecule has 2 N–H and O–H groups in total. The lowest BCUT2D eigenvalue weighted by atomic mass is 10.1. The Morgan fingerprint density at radius 2 is 2.35 bits per heavy atom. The molecule has 0 aromatic heterocycles. The van der Waals surface area contributed by atoms with Crippen molar-refractivity contribution in [1.29, 1.82) is 0 Å². The van der Waals surface area contributed by atoms with Crippen molar-refractivity contribution < 1.29 is 14.3 Å². The summed E-state index contributed by atoms with van der Waals surface area (Å²) in [5.41, 5.74) is 8.08. The SMILES string of the molecule is CCN(CC1CCCO1)c1ccc(C(=O)OC)cc1N. The second-order valence-corrected chi connectivity index (χ2v) is 4.94. The van der Waals surface area contributed by atoms with Gasteiger partial charge in [0, 0.05) is 19.7 Å². The summed E-state index contributed by atoms with van der Waals surface area (Å²) in [4.78, 5) is 13.7. The van der Waals surface area contributed by atoms with Crippen molar-refractivity contribution in [2.45, 2.75) is 25.9 Å². The van der Waals surface area contributed by atoms with Crippen LogP contribution >= 0.6 is 0 Å². The van der Waals surface area contributed by atoms with Gasteiger partial charge in [-0.25, -0.2) is 4.79 Å². The van der Waals surface area contributed by atoms with E-state index in [1.165, 1.54) is 7.11 Å². The molecule has 5 nitrogen and oxygen atoms in total. The maximum absolute atomic E-state index is 11.5. The van der Waals surface area contributed by atoms with Crippen LogP contribution in [0, 0.1) is 0 Å². The molecule has 0 radical (unpaired) electrons. The van der Waals surface area contributed by atoms with E-state index >= 15 is 0 Å². The first-order valence-electron chi connectivity index (χ1n) is 7.00. The zero-order valence-electron chi connectivity index (χ0n) is 12.1. The Morgan fingerprint density at radius 3 is 2.90 bits per heavy atom. The highest BCUT2D eigenvalue weighted by Gasteiger charge is 2.20. The number of carbonyl (C=O) groups is 1. The van der Waals surface area contributed by atoms with Gasteiger partial charge >= 0.3 is 5.97 Å². The van der Waals surface area contributed by atoms with Crippen molar-refractivity contribution in [2.75, 3.05) is 37.4 Å². The van der Waals surface area contributed by atoms with Crippen LogP contribution < -0.4 is 10.6 Å². The minimum Gasteiger partial charge on any atom is -0.465 e. The van der Waals surface area contributed by atoms with Gasteiger partial charge < -0.3 is 20.1 Å². The molecule has 1 atom stereocenters. The number of ether oxygens (including phenoxy) is 2. The van der Waals surface area contributed by atoms with Gasteiger partial charge in [0.25, 0.3) is 0 Å². The van der Waals surface area contributed by atoms with Crippen molar-refractivity contribution in [3.8, 4) is 0 Å². The minimum absolute atomic E-state index is 0.273. The third-order valence-corrected chi connectivity index (χ3v) is 3.62. The summed E-state index contributed by atoms with van der Waals surface area (Å²) in [6.07, 6.45) is 2.49.